The van der Waals surface area contributed by atoms with E-state index >= 15 is 0 Å². The Morgan fingerprint density at radius 2 is 2.38 bits per heavy atom. The van der Waals surface area contributed by atoms with Gasteiger partial charge >= 0.3 is 5.97 Å². The maximum absolute atomic E-state index is 11.8. The van der Waals surface area contributed by atoms with E-state index in [0.717, 1.165) is 25.9 Å². The first-order valence-electron chi connectivity index (χ1n) is 6.94. The number of carbonyl (C=O) groups is 1. The average molecular weight is 290 g/mol. The molecule has 0 saturated carbocycles. The number of carbonyl (C=O) groups excluding carboxylic acids is 1. The summed E-state index contributed by atoms with van der Waals surface area (Å²) in [6, 6.07) is 0.304. The lowest BCUT2D eigenvalue weighted by atomic mass is 10.1. The van der Waals surface area contributed by atoms with Crippen molar-refractivity contribution < 1.29 is 9.53 Å². The number of esters is 1. The van der Waals surface area contributed by atoms with Crippen LogP contribution in [0.5, 0.6) is 0 Å². The molecule has 1 aliphatic heterocycles. The smallest absolute Gasteiger partial charge is 0.357 e. The van der Waals surface area contributed by atoms with E-state index in [9.17, 15) is 4.79 Å². The standard InChI is InChI=1S/C13H18N6O2/c1-18-12(13(20)21-2)10(7-15-18)11-8-19(17-16-11)9-4-3-5-14-6-9/h7-9,14H,3-6H2,1-2H3. The average Bonchev–Trinajstić information content (AvgIpc) is 3.14. The SMILES string of the molecule is COC(=O)c1c(-c2cn(C3CCCNC3)nn2)cnn1C. The molecule has 8 nitrogen and oxygen atoms in total. The number of hydrogen-bond acceptors (Lipinski definition) is 6. The molecule has 2 aromatic heterocycles. The molecule has 1 fully saturated rings. The fourth-order valence-electron chi connectivity index (χ4n) is 2.60. The molecule has 0 aromatic carbocycles. The van der Waals surface area contributed by atoms with Gasteiger partial charge in [0.25, 0.3) is 0 Å². The highest BCUT2D eigenvalue weighted by molar-refractivity contribution is 5.94. The topological polar surface area (TPSA) is 86.9 Å². The molecule has 112 valence electrons. The van der Waals surface area contributed by atoms with Crippen LogP contribution in [0.2, 0.25) is 0 Å². The van der Waals surface area contributed by atoms with E-state index in [1.165, 1.54) is 11.8 Å². The molecule has 1 aliphatic rings. The quantitative estimate of drug-likeness (QED) is 0.823. The van der Waals surface area contributed by atoms with Crippen molar-refractivity contribution in [3.05, 3.63) is 18.1 Å². The number of hydrogen-bond donors (Lipinski definition) is 1. The zero-order valence-corrected chi connectivity index (χ0v) is 12.1. The van der Waals surface area contributed by atoms with E-state index in [1.54, 1.807) is 13.2 Å². The molecule has 0 aliphatic carbocycles. The Labute approximate surface area is 122 Å². The van der Waals surface area contributed by atoms with Crippen molar-refractivity contribution in [1.29, 1.82) is 0 Å². The lowest BCUT2D eigenvalue weighted by Crippen LogP contribution is -2.31. The fourth-order valence-corrected chi connectivity index (χ4v) is 2.60. The summed E-state index contributed by atoms with van der Waals surface area (Å²) < 4.78 is 8.14. The Hall–Kier alpha value is -2.22. The van der Waals surface area contributed by atoms with Crippen LogP contribution in [0.4, 0.5) is 0 Å². The molecule has 1 saturated heterocycles. The normalized spacial score (nSPS) is 18.7. The molecule has 3 heterocycles. The van der Waals surface area contributed by atoms with Gasteiger partial charge in [-0.3, -0.25) is 4.68 Å². The zero-order valence-electron chi connectivity index (χ0n) is 12.1. The molecule has 1 N–H and O–H groups in total. The molecule has 8 heteroatoms. The summed E-state index contributed by atoms with van der Waals surface area (Å²) in [5.41, 5.74) is 1.65. The highest BCUT2D eigenvalue weighted by atomic mass is 16.5. The Kier molecular flexibility index (Phi) is 3.70. The summed E-state index contributed by atoms with van der Waals surface area (Å²) in [5, 5.41) is 15.8. The van der Waals surface area contributed by atoms with E-state index in [-0.39, 0.29) is 0 Å². The first-order valence-corrected chi connectivity index (χ1v) is 6.94. The molecule has 21 heavy (non-hydrogen) atoms. The molecule has 1 unspecified atom stereocenters. The predicted molar refractivity (Wildman–Crippen MR) is 74.7 cm³/mol. The van der Waals surface area contributed by atoms with Crippen LogP contribution in [0.3, 0.4) is 0 Å². The van der Waals surface area contributed by atoms with Gasteiger partial charge in [0.15, 0.2) is 5.69 Å². The summed E-state index contributed by atoms with van der Waals surface area (Å²) in [5.74, 6) is -0.432. The Morgan fingerprint density at radius 3 is 3.10 bits per heavy atom. The largest absolute Gasteiger partial charge is 0.464 e. The van der Waals surface area contributed by atoms with Gasteiger partial charge in [-0.1, -0.05) is 5.21 Å². The lowest BCUT2D eigenvalue weighted by molar-refractivity contribution is 0.0589. The number of aryl methyl sites for hydroxylation is 1. The van der Waals surface area contributed by atoms with Crippen LogP contribution in [-0.4, -0.2) is 50.9 Å². The van der Waals surface area contributed by atoms with Crippen LogP contribution in [0.15, 0.2) is 12.4 Å². The minimum atomic E-state index is -0.432. The van der Waals surface area contributed by atoms with Crippen molar-refractivity contribution in [2.24, 2.45) is 7.05 Å². The molecule has 0 radical (unpaired) electrons. The van der Waals surface area contributed by atoms with Crippen molar-refractivity contribution in [2.75, 3.05) is 20.2 Å². The van der Waals surface area contributed by atoms with E-state index in [0.29, 0.717) is 23.0 Å². The number of methoxy groups -OCH3 is 1. The van der Waals surface area contributed by atoms with Crippen LogP contribution in [0.1, 0.15) is 29.4 Å². The van der Waals surface area contributed by atoms with E-state index < -0.39 is 5.97 Å². The van der Waals surface area contributed by atoms with Crippen molar-refractivity contribution >= 4 is 5.97 Å². The van der Waals surface area contributed by atoms with Gasteiger partial charge in [0.05, 0.1) is 31.1 Å². The highest BCUT2D eigenvalue weighted by Gasteiger charge is 2.22. The molecule has 3 rings (SSSR count). The second kappa shape index (κ2) is 5.65. The third-order valence-electron chi connectivity index (χ3n) is 3.75. The van der Waals surface area contributed by atoms with Gasteiger partial charge in [-0.2, -0.15) is 5.10 Å². The maximum Gasteiger partial charge on any atom is 0.357 e. The Morgan fingerprint density at radius 1 is 1.52 bits per heavy atom. The number of nitrogens with one attached hydrogen (secondary N) is 1. The van der Waals surface area contributed by atoms with Gasteiger partial charge in [0.2, 0.25) is 0 Å². The molecule has 1 atom stereocenters. The van der Waals surface area contributed by atoms with Crippen LogP contribution in [0, 0.1) is 0 Å². The molecule has 0 bridgehead atoms. The van der Waals surface area contributed by atoms with Gasteiger partial charge in [-0.15, -0.1) is 5.10 Å². The minimum absolute atomic E-state index is 0.304. The van der Waals surface area contributed by atoms with E-state index in [2.05, 4.69) is 20.7 Å². The van der Waals surface area contributed by atoms with Crippen LogP contribution in [-0.2, 0) is 11.8 Å². The Bertz CT molecular complexity index is 641. The van der Waals surface area contributed by atoms with E-state index in [1.807, 2.05) is 10.9 Å². The second-order valence-electron chi connectivity index (χ2n) is 5.11. The molecule has 2 aromatic rings. The number of piperidine rings is 1. The first-order chi connectivity index (χ1) is 10.2. The summed E-state index contributed by atoms with van der Waals surface area (Å²) in [6.45, 7) is 1.94. The summed E-state index contributed by atoms with van der Waals surface area (Å²) >= 11 is 0. The minimum Gasteiger partial charge on any atom is -0.464 e. The summed E-state index contributed by atoms with van der Waals surface area (Å²) in [4.78, 5) is 11.8. The fraction of sp³-hybridized carbons (Fsp3) is 0.538. The van der Waals surface area contributed by atoms with Crippen LogP contribution in [0.25, 0.3) is 11.3 Å². The number of nitrogens with zero attached hydrogens (tertiary/aromatic N) is 5. The lowest BCUT2D eigenvalue weighted by Gasteiger charge is -2.22. The van der Waals surface area contributed by atoms with Crippen molar-refractivity contribution in [1.82, 2.24) is 30.1 Å². The van der Waals surface area contributed by atoms with Gasteiger partial charge in [0.1, 0.15) is 5.69 Å². The van der Waals surface area contributed by atoms with Gasteiger partial charge < -0.3 is 10.1 Å². The van der Waals surface area contributed by atoms with Crippen LogP contribution >= 0.6 is 0 Å². The van der Waals surface area contributed by atoms with Crippen LogP contribution < -0.4 is 5.32 Å². The Balaban J connectivity index is 1.91. The summed E-state index contributed by atoms with van der Waals surface area (Å²) in [7, 11) is 3.05. The van der Waals surface area contributed by atoms with Crippen molar-refractivity contribution in [2.45, 2.75) is 18.9 Å². The monoisotopic (exact) mass is 290 g/mol. The summed E-state index contributed by atoms with van der Waals surface area (Å²) in [6.07, 6.45) is 5.67. The zero-order chi connectivity index (χ0) is 14.8. The molecule has 0 spiro atoms. The highest BCUT2D eigenvalue weighted by Crippen LogP contribution is 2.23. The second-order valence-corrected chi connectivity index (χ2v) is 5.11. The predicted octanol–water partition coefficient (Wildman–Crippen LogP) is 0.390. The van der Waals surface area contributed by atoms with Gasteiger partial charge in [0, 0.05) is 13.6 Å². The first kappa shape index (κ1) is 13.7. The van der Waals surface area contributed by atoms with E-state index in [4.69, 9.17) is 4.74 Å². The molecular formula is C13H18N6O2. The number of rotatable bonds is 3. The third-order valence-corrected chi connectivity index (χ3v) is 3.75. The number of ether oxygens (including phenoxy) is 1. The number of aromatic nitrogens is 5. The van der Waals surface area contributed by atoms with Gasteiger partial charge in [-0.05, 0) is 19.4 Å². The van der Waals surface area contributed by atoms with Crippen molar-refractivity contribution in [3.63, 3.8) is 0 Å². The van der Waals surface area contributed by atoms with Gasteiger partial charge in [-0.25, -0.2) is 9.48 Å². The van der Waals surface area contributed by atoms with Crippen molar-refractivity contribution in [3.8, 4) is 11.3 Å². The third kappa shape index (κ3) is 2.54. The molecule has 0 amide bonds. The molecular weight excluding hydrogens is 272 g/mol. The maximum atomic E-state index is 11.8.